The van der Waals surface area contributed by atoms with Gasteiger partial charge in [0.15, 0.2) is 5.16 Å². The van der Waals surface area contributed by atoms with E-state index in [0.717, 1.165) is 11.4 Å². The number of carbonyl (C=O) groups is 1. The molecule has 1 N–H and O–H groups in total. The standard InChI is InChI=1S/C23H28N4O3S/c1-4-30-15-7-14-27-22(29)19-8-5-6-9-20(19)25-23(27)31-16-21(28)24-17-10-12-18(13-11-17)26(2)3/h5-6,8-13H,4,7,14-16H2,1-3H3,(H,24,28). The first kappa shape index (κ1) is 22.8. The fourth-order valence-corrected chi connectivity index (χ4v) is 3.92. The number of benzene rings is 2. The molecule has 1 amide bonds. The molecule has 3 aromatic rings. The molecule has 0 saturated heterocycles. The topological polar surface area (TPSA) is 76.5 Å². The smallest absolute Gasteiger partial charge is 0.262 e. The molecule has 2 aromatic carbocycles. The minimum absolute atomic E-state index is 0.0933. The van der Waals surface area contributed by atoms with Crippen molar-refractivity contribution in [2.45, 2.75) is 25.0 Å². The molecule has 0 aliphatic rings. The first-order valence-electron chi connectivity index (χ1n) is 10.3. The quantitative estimate of drug-likeness (QED) is 0.295. The van der Waals surface area contributed by atoms with Gasteiger partial charge in [-0.1, -0.05) is 23.9 Å². The average Bonchev–Trinajstić information content (AvgIpc) is 2.77. The van der Waals surface area contributed by atoms with E-state index >= 15 is 0 Å². The van der Waals surface area contributed by atoms with Gasteiger partial charge in [-0.15, -0.1) is 0 Å². The van der Waals surface area contributed by atoms with Crippen LogP contribution in [0.15, 0.2) is 58.5 Å². The molecule has 0 spiro atoms. The SMILES string of the molecule is CCOCCCn1c(SCC(=O)Nc2ccc(N(C)C)cc2)nc2ccccc2c1=O. The summed E-state index contributed by atoms with van der Waals surface area (Å²) in [5, 5.41) is 4.01. The predicted octanol–water partition coefficient (Wildman–Crippen LogP) is 3.62. The number of aromatic nitrogens is 2. The van der Waals surface area contributed by atoms with Gasteiger partial charge in [0.25, 0.3) is 5.56 Å². The Morgan fingerprint density at radius 1 is 1.16 bits per heavy atom. The van der Waals surface area contributed by atoms with Crippen molar-refractivity contribution in [3.05, 3.63) is 58.9 Å². The monoisotopic (exact) mass is 440 g/mol. The van der Waals surface area contributed by atoms with Crippen molar-refractivity contribution in [3.63, 3.8) is 0 Å². The van der Waals surface area contributed by atoms with Crippen LogP contribution in [0.3, 0.4) is 0 Å². The Morgan fingerprint density at radius 3 is 2.61 bits per heavy atom. The Morgan fingerprint density at radius 2 is 1.90 bits per heavy atom. The summed E-state index contributed by atoms with van der Waals surface area (Å²) in [5.74, 6) is 0.0111. The molecule has 7 nitrogen and oxygen atoms in total. The van der Waals surface area contributed by atoms with Crippen LogP contribution in [-0.2, 0) is 16.1 Å². The summed E-state index contributed by atoms with van der Waals surface area (Å²) in [5.41, 5.74) is 2.33. The largest absolute Gasteiger partial charge is 0.382 e. The van der Waals surface area contributed by atoms with Crippen molar-refractivity contribution in [2.24, 2.45) is 0 Å². The van der Waals surface area contributed by atoms with E-state index in [1.807, 2.05) is 68.4 Å². The number of nitrogens with zero attached hydrogens (tertiary/aromatic N) is 3. The van der Waals surface area contributed by atoms with Crippen LogP contribution >= 0.6 is 11.8 Å². The molecule has 164 valence electrons. The highest BCUT2D eigenvalue weighted by Crippen LogP contribution is 2.20. The molecule has 8 heteroatoms. The number of nitrogens with one attached hydrogen (secondary N) is 1. The van der Waals surface area contributed by atoms with E-state index in [2.05, 4.69) is 10.3 Å². The van der Waals surface area contributed by atoms with Crippen LogP contribution in [0.4, 0.5) is 11.4 Å². The van der Waals surface area contributed by atoms with Crippen LogP contribution in [-0.4, -0.2) is 48.5 Å². The number of ether oxygens (including phenoxy) is 1. The van der Waals surface area contributed by atoms with Crippen LogP contribution in [0.25, 0.3) is 10.9 Å². The minimum Gasteiger partial charge on any atom is -0.382 e. The molecule has 31 heavy (non-hydrogen) atoms. The highest BCUT2D eigenvalue weighted by molar-refractivity contribution is 7.99. The summed E-state index contributed by atoms with van der Waals surface area (Å²) in [4.78, 5) is 32.1. The first-order valence-corrected chi connectivity index (χ1v) is 11.3. The van der Waals surface area contributed by atoms with E-state index in [-0.39, 0.29) is 17.2 Å². The van der Waals surface area contributed by atoms with Gasteiger partial charge in [-0.3, -0.25) is 14.2 Å². The highest BCUT2D eigenvalue weighted by Gasteiger charge is 2.13. The van der Waals surface area contributed by atoms with Crippen molar-refractivity contribution < 1.29 is 9.53 Å². The maximum absolute atomic E-state index is 13.0. The van der Waals surface area contributed by atoms with Crippen LogP contribution < -0.4 is 15.8 Å². The molecule has 0 fully saturated rings. The number of carbonyl (C=O) groups excluding carboxylic acids is 1. The van der Waals surface area contributed by atoms with Crippen molar-refractivity contribution in [3.8, 4) is 0 Å². The van der Waals surface area contributed by atoms with Gasteiger partial charge in [0.05, 0.1) is 16.7 Å². The van der Waals surface area contributed by atoms with Gasteiger partial charge >= 0.3 is 0 Å². The number of hydrogen-bond acceptors (Lipinski definition) is 6. The van der Waals surface area contributed by atoms with Crippen LogP contribution in [0.5, 0.6) is 0 Å². The van der Waals surface area contributed by atoms with E-state index in [1.54, 1.807) is 10.6 Å². The number of rotatable bonds is 10. The maximum Gasteiger partial charge on any atom is 0.262 e. The molecule has 1 heterocycles. The lowest BCUT2D eigenvalue weighted by Gasteiger charge is -2.14. The summed E-state index contributed by atoms with van der Waals surface area (Å²) >= 11 is 1.27. The maximum atomic E-state index is 13.0. The number of thioether (sulfide) groups is 1. The van der Waals surface area contributed by atoms with E-state index < -0.39 is 0 Å². The summed E-state index contributed by atoms with van der Waals surface area (Å²) in [6.07, 6.45) is 0.700. The first-order chi connectivity index (χ1) is 15.0. The van der Waals surface area contributed by atoms with Crippen molar-refractivity contribution in [2.75, 3.05) is 43.3 Å². The Labute approximate surface area is 186 Å². The van der Waals surface area contributed by atoms with E-state index in [4.69, 9.17) is 4.74 Å². The van der Waals surface area contributed by atoms with Gasteiger partial charge < -0.3 is 15.0 Å². The third-order valence-corrected chi connectivity index (χ3v) is 5.68. The molecule has 0 bridgehead atoms. The molecule has 0 aliphatic carbocycles. The predicted molar refractivity (Wildman–Crippen MR) is 127 cm³/mol. The molecule has 3 rings (SSSR count). The molecule has 1 aromatic heterocycles. The highest BCUT2D eigenvalue weighted by atomic mass is 32.2. The molecule has 0 unspecified atom stereocenters. The number of fused-ring (bicyclic) bond motifs is 1. The number of amides is 1. The number of anilines is 2. The van der Waals surface area contributed by atoms with Gasteiger partial charge in [0.2, 0.25) is 5.91 Å². The van der Waals surface area contributed by atoms with Crippen LogP contribution in [0.2, 0.25) is 0 Å². The molecule has 0 atom stereocenters. The Hall–Kier alpha value is -2.84. The second-order valence-corrected chi connectivity index (χ2v) is 8.14. The van der Waals surface area contributed by atoms with Gasteiger partial charge in [-0.2, -0.15) is 0 Å². The summed E-state index contributed by atoms with van der Waals surface area (Å²) in [7, 11) is 3.93. The summed E-state index contributed by atoms with van der Waals surface area (Å²) < 4.78 is 7.04. The second-order valence-electron chi connectivity index (χ2n) is 7.20. The number of para-hydroxylation sites is 1. The van der Waals surface area contributed by atoms with Crippen molar-refractivity contribution >= 4 is 39.9 Å². The molecular formula is C23H28N4O3S. The van der Waals surface area contributed by atoms with Crippen LogP contribution in [0.1, 0.15) is 13.3 Å². The summed E-state index contributed by atoms with van der Waals surface area (Å²) in [6.45, 7) is 3.65. The lowest BCUT2D eigenvalue weighted by Crippen LogP contribution is -2.25. The Bertz CT molecular complexity index is 1080. The third-order valence-electron chi connectivity index (χ3n) is 4.70. The second kappa shape index (κ2) is 11.0. The average molecular weight is 441 g/mol. The van der Waals surface area contributed by atoms with Gasteiger partial charge in [-0.25, -0.2) is 4.98 Å². The lowest BCUT2D eigenvalue weighted by molar-refractivity contribution is -0.113. The molecule has 0 saturated carbocycles. The van der Waals surface area contributed by atoms with Gasteiger partial charge in [0, 0.05) is 45.2 Å². The third kappa shape index (κ3) is 6.08. The van der Waals surface area contributed by atoms with Gasteiger partial charge in [-0.05, 0) is 49.7 Å². The van der Waals surface area contributed by atoms with Crippen molar-refractivity contribution in [1.82, 2.24) is 9.55 Å². The van der Waals surface area contributed by atoms with Gasteiger partial charge in [0.1, 0.15) is 0 Å². The normalized spacial score (nSPS) is 10.9. The molecular weight excluding hydrogens is 412 g/mol. The molecule has 0 radical (unpaired) electrons. The van der Waals surface area contributed by atoms with E-state index in [9.17, 15) is 9.59 Å². The Kier molecular flexibility index (Phi) is 8.08. The fraction of sp³-hybridized carbons (Fsp3) is 0.348. The minimum atomic E-state index is -0.147. The fourth-order valence-electron chi connectivity index (χ4n) is 3.09. The zero-order valence-electron chi connectivity index (χ0n) is 18.1. The van der Waals surface area contributed by atoms with Crippen molar-refractivity contribution in [1.29, 1.82) is 0 Å². The molecule has 0 aliphatic heterocycles. The summed E-state index contributed by atoms with van der Waals surface area (Å²) in [6, 6.07) is 14.9. The van der Waals surface area contributed by atoms with E-state index in [1.165, 1.54) is 11.8 Å². The number of hydrogen-bond donors (Lipinski definition) is 1. The zero-order chi connectivity index (χ0) is 22.2. The zero-order valence-corrected chi connectivity index (χ0v) is 18.9. The van der Waals surface area contributed by atoms with Crippen LogP contribution in [0, 0.1) is 0 Å². The lowest BCUT2D eigenvalue weighted by atomic mass is 10.2. The Balaban J connectivity index is 1.72. The van der Waals surface area contributed by atoms with E-state index in [0.29, 0.717) is 42.2 Å².